The molecular weight excluding hydrogens is 361 g/mol. The molecule has 0 spiro atoms. The van der Waals surface area contributed by atoms with Crippen molar-refractivity contribution in [1.29, 1.82) is 0 Å². The average molecular weight is 387 g/mol. The van der Waals surface area contributed by atoms with E-state index in [1.165, 1.54) is 0 Å². The summed E-state index contributed by atoms with van der Waals surface area (Å²) in [6.07, 6.45) is 2.66. The van der Waals surface area contributed by atoms with Gasteiger partial charge in [0.25, 0.3) is 0 Å². The van der Waals surface area contributed by atoms with Crippen LogP contribution in [0.5, 0.6) is 11.5 Å². The van der Waals surface area contributed by atoms with Crippen molar-refractivity contribution in [2.75, 3.05) is 26.1 Å². The Morgan fingerprint density at radius 1 is 1.31 bits per heavy atom. The zero-order chi connectivity index (χ0) is 19.9. The van der Waals surface area contributed by atoms with Crippen LogP contribution in [0.15, 0.2) is 18.3 Å². The fourth-order valence-corrected chi connectivity index (χ4v) is 2.50. The first-order valence-corrected chi connectivity index (χ1v) is 9.44. The molecule has 6 N–H and O–H groups in total. The molecule has 0 fully saturated rings. The minimum Gasteiger partial charge on any atom is -0.496 e. The Labute approximate surface area is 152 Å². The van der Waals surface area contributed by atoms with E-state index in [2.05, 4.69) is 17.2 Å². The molecule has 0 aliphatic carbocycles. The molecule has 1 atom stereocenters. The van der Waals surface area contributed by atoms with E-state index in [4.69, 9.17) is 34.5 Å². The van der Waals surface area contributed by atoms with Crippen LogP contribution in [-0.4, -0.2) is 46.5 Å². The molecule has 1 unspecified atom stereocenters. The van der Waals surface area contributed by atoms with Crippen molar-refractivity contribution in [1.82, 2.24) is 4.98 Å². The summed E-state index contributed by atoms with van der Waals surface area (Å²) in [7, 11) is -1.31. The lowest BCUT2D eigenvalue weighted by molar-refractivity contribution is 0.275. The molecule has 0 bridgehead atoms. The Kier molecular flexibility index (Phi) is 8.26. The molecule has 2 aromatic rings. The first-order valence-electron chi connectivity index (χ1n) is 7.87. The summed E-state index contributed by atoms with van der Waals surface area (Å²) in [5.74, 6) is 1.53. The Bertz CT molecular complexity index is 772. The van der Waals surface area contributed by atoms with Crippen molar-refractivity contribution >= 4 is 24.4 Å². The maximum absolute atomic E-state index is 8.88. The van der Waals surface area contributed by atoms with E-state index in [1.807, 2.05) is 19.1 Å². The number of rotatable bonds is 6. The number of aryl methyl sites for hydroxylation is 1. The van der Waals surface area contributed by atoms with Crippen molar-refractivity contribution in [3.05, 3.63) is 23.9 Å². The summed E-state index contributed by atoms with van der Waals surface area (Å²) in [4.78, 5) is 26.0. The SMILES string of the molecule is COc1c(NC(C)CCN)cc(OC)c2c(C)ccnc12.O=P(O)(O)O. The summed E-state index contributed by atoms with van der Waals surface area (Å²) in [5, 5.41) is 4.40. The van der Waals surface area contributed by atoms with Gasteiger partial charge in [0.1, 0.15) is 11.3 Å². The number of hydrogen-bond acceptors (Lipinski definition) is 6. The molecule has 0 aliphatic heterocycles. The van der Waals surface area contributed by atoms with E-state index >= 15 is 0 Å². The molecule has 10 heteroatoms. The van der Waals surface area contributed by atoms with Crippen LogP contribution in [0, 0.1) is 6.92 Å². The molecular formula is C16H26N3O6P. The van der Waals surface area contributed by atoms with Gasteiger partial charge in [0.15, 0.2) is 5.75 Å². The third-order valence-corrected chi connectivity index (χ3v) is 3.57. The van der Waals surface area contributed by atoms with Gasteiger partial charge in [-0.1, -0.05) is 0 Å². The van der Waals surface area contributed by atoms with Gasteiger partial charge >= 0.3 is 7.82 Å². The van der Waals surface area contributed by atoms with Gasteiger partial charge < -0.3 is 35.2 Å². The normalized spacial score (nSPS) is 12.2. The fraction of sp³-hybridized carbons (Fsp3) is 0.438. The van der Waals surface area contributed by atoms with E-state index < -0.39 is 7.82 Å². The second-order valence-corrected chi connectivity index (χ2v) is 6.67. The van der Waals surface area contributed by atoms with Gasteiger partial charge in [-0.25, -0.2) is 4.57 Å². The maximum atomic E-state index is 8.88. The summed E-state index contributed by atoms with van der Waals surface area (Å²) in [5.41, 5.74) is 8.40. The number of benzene rings is 1. The summed E-state index contributed by atoms with van der Waals surface area (Å²) < 4.78 is 20.0. The minimum absolute atomic E-state index is 0.246. The summed E-state index contributed by atoms with van der Waals surface area (Å²) >= 11 is 0. The molecule has 0 radical (unpaired) electrons. The number of nitrogens with one attached hydrogen (secondary N) is 1. The number of aromatic nitrogens is 1. The first-order chi connectivity index (χ1) is 12.1. The van der Waals surface area contributed by atoms with E-state index in [0.717, 1.165) is 40.1 Å². The van der Waals surface area contributed by atoms with Gasteiger partial charge in [-0.15, -0.1) is 0 Å². The first kappa shape index (κ1) is 22.1. The van der Waals surface area contributed by atoms with Crippen LogP contribution in [0.3, 0.4) is 0 Å². The Hall–Kier alpha value is -1.90. The molecule has 146 valence electrons. The van der Waals surface area contributed by atoms with Gasteiger partial charge in [-0.05, 0) is 38.4 Å². The van der Waals surface area contributed by atoms with Crippen LogP contribution < -0.4 is 20.5 Å². The molecule has 26 heavy (non-hydrogen) atoms. The Morgan fingerprint density at radius 3 is 2.42 bits per heavy atom. The van der Waals surface area contributed by atoms with Crippen LogP contribution in [0.2, 0.25) is 0 Å². The highest BCUT2D eigenvalue weighted by Crippen LogP contribution is 2.40. The standard InChI is InChI=1S/C16H23N3O2.H3O4P/c1-10-6-8-18-15-14(10)13(20-3)9-12(16(15)21-4)19-11(2)5-7-17;1-5(2,3)4/h6,8-9,11,19H,5,7,17H2,1-4H3;(H3,1,2,3,4). The molecule has 1 aromatic heterocycles. The lowest BCUT2D eigenvalue weighted by atomic mass is 10.1. The number of fused-ring (bicyclic) bond motifs is 1. The number of pyridine rings is 1. The molecule has 0 amide bonds. The summed E-state index contributed by atoms with van der Waals surface area (Å²) in [6, 6.07) is 4.17. The van der Waals surface area contributed by atoms with E-state index in [0.29, 0.717) is 6.54 Å². The molecule has 0 saturated heterocycles. The third kappa shape index (κ3) is 6.44. The van der Waals surface area contributed by atoms with Crippen LogP contribution in [-0.2, 0) is 4.57 Å². The van der Waals surface area contributed by atoms with Gasteiger partial charge in [0.05, 0.1) is 19.9 Å². The van der Waals surface area contributed by atoms with E-state index in [1.54, 1.807) is 20.4 Å². The maximum Gasteiger partial charge on any atom is 0.466 e. The number of methoxy groups -OCH3 is 2. The van der Waals surface area contributed by atoms with Crippen molar-refractivity contribution in [3.8, 4) is 11.5 Å². The highest BCUT2D eigenvalue weighted by Gasteiger charge is 2.17. The van der Waals surface area contributed by atoms with Crippen molar-refractivity contribution in [2.24, 2.45) is 5.73 Å². The lowest BCUT2D eigenvalue weighted by Gasteiger charge is -2.20. The molecule has 1 aromatic carbocycles. The van der Waals surface area contributed by atoms with Gasteiger partial charge in [-0.2, -0.15) is 0 Å². The van der Waals surface area contributed by atoms with Crippen LogP contribution in [0.25, 0.3) is 10.9 Å². The number of ether oxygens (including phenoxy) is 2. The zero-order valence-corrected chi connectivity index (χ0v) is 16.2. The molecule has 0 aliphatic rings. The second-order valence-electron chi connectivity index (χ2n) is 5.65. The van der Waals surface area contributed by atoms with E-state index in [-0.39, 0.29) is 6.04 Å². The van der Waals surface area contributed by atoms with Gasteiger partial charge in [0, 0.05) is 23.7 Å². The van der Waals surface area contributed by atoms with Crippen LogP contribution in [0.4, 0.5) is 5.69 Å². The van der Waals surface area contributed by atoms with Gasteiger partial charge in [0.2, 0.25) is 0 Å². The number of nitrogens with zero attached hydrogens (tertiary/aromatic N) is 1. The van der Waals surface area contributed by atoms with E-state index in [9.17, 15) is 0 Å². The summed E-state index contributed by atoms with van der Waals surface area (Å²) in [6.45, 7) is 4.77. The highest BCUT2D eigenvalue weighted by molar-refractivity contribution is 7.45. The lowest BCUT2D eigenvalue weighted by Crippen LogP contribution is -2.19. The predicted molar refractivity (Wildman–Crippen MR) is 101 cm³/mol. The van der Waals surface area contributed by atoms with Gasteiger partial charge in [-0.3, -0.25) is 4.98 Å². The zero-order valence-electron chi connectivity index (χ0n) is 15.3. The third-order valence-electron chi connectivity index (χ3n) is 3.57. The van der Waals surface area contributed by atoms with Crippen LogP contribution in [0.1, 0.15) is 18.9 Å². The predicted octanol–water partition coefficient (Wildman–Crippen LogP) is 1.78. The second kappa shape index (κ2) is 9.70. The molecule has 1 heterocycles. The monoisotopic (exact) mass is 387 g/mol. The highest BCUT2D eigenvalue weighted by atomic mass is 31.2. The number of phosphoric acid groups is 1. The molecule has 0 saturated carbocycles. The molecule has 9 nitrogen and oxygen atoms in total. The van der Waals surface area contributed by atoms with Crippen LogP contribution >= 0.6 is 7.82 Å². The fourth-order valence-electron chi connectivity index (χ4n) is 2.50. The Balaban J connectivity index is 0.000000597. The van der Waals surface area contributed by atoms with Crippen molar-refractivity contribution in [2.45, 2.75) is 26.3 Å². The van der Waals surface area contributed by atoms with Crippen molar-refractivity contribution < 1.29 is 28.7 Å². The topological polar surface area (TPSA) is 147 Å². The molecule has 2 rings (SSSR count). The smallest absolute Gasteiger partial charge is 0.466 e. The number of nitrogens with two attached hydrogens (primary N) is 1. The quantitative estimate of drug-likeness (QED) is 0.468. The largest absolute Gasteiger partial charge is 0.496 e. The average Bonchev–Trinajstić information content (AvgIpc) is 2.52. The minimum atomic E-state index is -4.64. The number of hydrogen-bond donors (Lipinski definition) is 5. The van der Waals surface area contributed by atoms with Crippen molar-refractivity contribution in [3.63, 3.8) is 0 Å². The number of anilines is 1. The Morgan fingerprint density at radius 2 is 1.92 bits per heavy atom.